The number of ether oxygens (including phenoxy) is 1. The molecule has 31 heavy (non-hydrogen) atoms. The molecule has 1 aliphatic rings. The van der Waals surface area contributed by atoms with Crippen LogP contribution in [0, 0.1) is 12.8 Å². The normalized spacial score (nSPS) is 16.4. The van der Waals surface area contributed by atoms with Gasteiger partial charge in [-0.05, 0) is 86.1 Å². The Morgan fingerprint density at radius 3 is 2.45 bits per heavy atom. The summed E-state index contributed by atoms with van der Waals surface area (Å²) in [5.74, 6) is 1.50. The second-order valence-electron chi connectivity index (χ2n) is 8.98. The van der Waals surface area contributed by atoms with Crippen molar-refractivity contribution in [3.05, 3.63) is 63.7 Å². The van der Waals surface area contributed by atoms with E-state index < -0.39 is 0 Å². The molecule has 2 aromatic rings. The predicted octanol–water partition coefficient (Wildman–Crippen LogP) is 5.87. The monoisotopic (exact) mass is 442 g/mol. The molecule has 4 nitrogen and oxygen atoms in total. The summed E-state index contributed by atoms with van der Waals surface area (Å²) < 4.78 is 5.56. The molecule has 0 radical (unpaired) electrons. The van der Waals surface area contributed by atoms with Gasteiger partial charge in [0.15, 0.2) is 0 Å². The van der Waals surface area contributed by atoms with Gasteiger partial charge in [0.25, 0.3) is 0 Å². The minimum absolute atomic E-state index is 0.0305. The van der Waals surface area contributed by atoms with Gasteiger partial charge in [0.2, 0.25) is 5.91 Å². The maximum Gasteiger partial charge on any atom is 0.223 e. The lowest BCUT2D eigenvalue weighted by Crippen LogP contribution is -2.41. The molecule has 1 atom stereocenters. The molecule has 0 aromatic heterocycles. The first-order valence-electron chi connectivity index (χ1n) is 11.2. The molecule has 168 valence electrons. The van der Waals surface area contributed by atoms with Crippen molar-refractivity contribution in [2.24, 2.45) is 5.92 Å². The molecule has 3 rings (SSSR count). The number of carbonyl (C=O) groups excluding carboxylic acids is 1. The number of carbonyl (C=O) groups is 1. The first kappa shape index (κ1) is 23.6. The van der Waals surface area contributed by atoms with Crippen molar-refractivity contribution in [3.63, 3.8) is 0 Å². The molecule has 5 heteroatoms. The number of hydrogen-bond donors (Lipinski definition) is 1. The van der Waals surface area contributed by atoms with E-state index in [0.29, 0.717) is 5.92 Å². The van der Waals surface area contributed by atoms with Crippen LogP contribution in [0.3, 0.4) is 0 Å². The van der Waals surface area contributed by atoms with Crippen LogP contribution in [0.1, 0.15) is 67.8 Å². The van der Waals surface area contributed by atoms with Gasteiger partial charge >= 0.3 is 0 Å². The van der Waals surface area contributed by atoms with Gasteiger partial charge in [0.1, 0.15) is 5.75 Å². The van der Waals surface area contributed by atoms with Gasteiger partial charge in [-0.15, -0.1) is 0 Å². The molecule has 2 aromatic carbocycles. The zero-order valence-electron chi connectivity index (χ0n) is 19.4. The highest BCUT2D eigenvalue weighted by Crippen LogP contribution is 2.32. The summed E-state index contributed by atoms with van der Waals surface area (Å²) in [7, 11) is 1.71. The van der Waals surface area contributed by atoms with Crippen molar-refractivity contribution in [2.45, 2.75) is 59.0 Å². The van der Waals surface area contributed by atoms with Gasteiger partial charge in [0.05, 0.1) is 13.2 Å². The Morgan fingerprint density at radius 1 is 1.16 bits per heavy atom. The smallest absolute Gasteiger partial charge is 0.223 e. The highest BCUT2D eigenvalue weighted by atomic mass is 35.5. The van der Waals surface area contributed by atoms with Crippen molar-refractivity contribution < 1.29 is 9.53 Å². The average molecular weight is 443 g/mol. The van der Waals surface area contributed by atoms with Crippen LogP contribution in [0.4, 0.5) is 0 Å². The fraction of sp³-hybridized carbons (Fsp3) is 0.500. The molecule has 1 fully saturated rings. The van der Waals surface area contributed by atoms with Gasteiger partial charge in [0, 0.05) is 17.5 Å². The molecule has 1 aliphatic heterocycles. The van der Waals surface area contributed by atoms with Gasteiger partial charge in [-0.2, -0.15) is 0 Å². The second kappa shape index (κ2) is 10.5. The van der Waals surface area contributed by atoms with Gasteiger partial charge in [-0.25, -0.2) is 0 Å². The first-order chi connectivity index (χ1) is 14.8. The number of likely N-dealkylation sites (tertiary alicyclic amines) is 1. The van der Waals surface area contributed by atoms with Crippen molar-refractivity contribution >= 4 is 17.5 Å². The zero-order chi connectivity index (χ0) is 22.5. The van der Waals surface area contributed by atoms with Crippen LogP contribution in [-0.2, 0) is 11.3 Å². The number of nitrogens with one attached hydrogen (secondary N) is 1. The topological polar surface area (TPSA) is 41.6 Å². The van der Waals surface area contributed by atoms with E-state index in [1.165, 1.54) is 5.56 Å². The molecule has 0 aliphatic carbocycles. The summed E-state index contributed by atoms with van der Waals surface area (Å²) >= 11 is 6.30. The summed E-state index contributed by atoms with van der Waals surface area (Å²) in [5, 5.41) is 4.08. The standard InChI is InChI=1S/C26H35ClN2O2/c1-17(2)22-15-23(18(3)14-25(22)31-5)19(4)28-26(30)20-10-12-29(13-11-20)16-21-8-6-7-9-24(21)27/h6-9,14-15,17,19-20H,10-13,16H2,1-5H3,(H,28,30)/t19-/m0/s1. The third-order valence-corrected chi connectivity index (χ3v) is 6.74. The Morgan fingerprint density at radius 2 is 1.84 bits per heavy atom. The summed E-state index contributed by atoms with van der Waals surface area (Å²) in [5.41, 5.74) is 4.63. The third-order valence-electron chi connectivity index (χ3n) is 6.38. The summed E-state index contributed by atoms with van der Waals surface area (Å²) in [6.07, 6.45) is 1.75. The van der Waals surface area contributed by atoms with Crippen LogP contribution >= 0.6 is 11.6 Å². The first-order valence-corrected chi connectivity index (χ1v) is 11.6. The number of hydrogen-bond acceptors (Lipinski definition) is 3. The molecule has 1 N–H and O–H groups in total. The number of aryl methyl sites for hydroxylation is 1. The van der Waals surface area contributed by atoms with Crippen LogP contribution in [0.2, 0.25) is 5.02 Å². The van der Waals surface area contributed by atoms with E-state index in [2.05, 4.69) is 56.1 Å². The summed E-state index contributed by atoms with van der Waals surface area (Å²) in [6.45, 7) is 11.1. The van der Waals surface area contributed by atoms with Crippen molar-refractivity contribution in [3.8, 4) is 5.75 Å². The zero-order valence-corrected chi connectivity index (χ0v) is 20.1. The number of amides is 1. The fourth-order valence-corrected chi connectivity index (χ4v) is 4.64. The Kier molecular flexibility index (Phi) is 8.01. The molecular weight excluding hydrogens is 408 g/mol. The van der Waals surface area contributed by atoms with Crippen LogP contribution < -0.4 is 10.1 Å². The second-order valence-corrected chi connectivity index (χ2v) is 9.38. The van der Waals surface area contributed by atoms with Gasteiger partial charge < -0.3 is 10.1 Å². The Labute approximate surface area is 191 Å². The van der Waals surface area contributed by atoms with E-state index in [1.54, 1.807) is 7.11 Å². The Balaban J connectivity index is 1.58. The van der Waals surface area contributed by atoms with Crippen LogP contribution in [0.25, 0.3) is 0 Å². The molecule has 1 heterocycles. The minimum atomic E-state index is -0.0305. The molecule has 0 saturated carbocycles. The molecule has 1 amide bonds. The molecule has 1 saturated heterocycles. The predicted molar refractivity (Wildman–Crippen MR) is 128 cm³/mol. The summed E-state index contributed by atoms with van der Waals surface area (Å²) in [4.78, 5) is 15.4. The molecular formula is C26H35ClN2O2. The largest absolute Gasteiger partial charge is 0.496 e. The van der Waals surface area contributed by atoms with E-state index in [0.717, 1.165) is 59.9 Å². The molecule has 0 bridgehead atoms. The minimum Gasteiger partial charge on any atom is -0.496 e. The highest BCUT2D eigenvalue weighted by molar-refractivity contribution is 6.31. The number of benzene rings is 2. The number of piperidine rings is 1. The molecule has 0 unspecified atom stereocenters. The molecule has 0 spiro atoms. The van der Waals surface area contributed by atoms with Crippen LogP contribution in [0.15, 0.2) is 36.4 Å². The van der Waals surface area contributed by atoms with Gasteiger partial charge in [-0.3, -0.25) is 9.69 Å². The fourth-order valence-electron chi connectivity index (χ4n) is 4.44. The Hall–Kier alpha value is -2.04. The lowest BCUT2D eigenvalue weighted by atomic mass is 9.92. The van der Waals surface area contributed by atoms with Crippen molar-refractivity contribution in [1.29, 1.82) is 0 Å². The average Bonchev–Trinajstić information content (AvgIpc) is 2.75. The highest BCUT2D eigenvalue weighted by Gasteiger charge is 2.27. The van der Waals surface area contributed by atoms with Crippen molar-refractivity contribution in [1.82, 2.24) is 10.2 Å². The third kappa shape index (κ3) is 5.81. The van der Waals surface area contributed by atoms with Crippen LogP contribution in [-0.4, -0.2) is 31.0 Å². The van der Waals surface area contributed by atoms with E-state index in [1.807, 2.05) is 18.2 Å². The van der Waals surface area contributed by atoms with E-state index in [9.17, 15) is 4.79 Å². The maximum atomic E-state index is 13.0. The SMILES string of the molecule is COc1cc(C)c([C@H](C)NC(=O)C2CCN(Cc3ccccc3Cl)CC2)cc1C(C)C. The van der Waals surface area contributed by atoms with Crippen molar-refractivity contribution in [2.75, 3.05) is 20.2 Å². The number of nitrogens with zero attached hydrogens (tertiary/aromatic N) is 1. The van der Waals surface area contributed by atoms with E-state index in [-0.39, 0.29) is 17.9 Å². The Bertz CT molecular complexity index is 904. The van der Waals surface area contributed by atoms with E-state index in [4.69, 9.17) is 16.3 Å². The number of methoxy groups -OCH3 is 1. The lowest BCUT2D eigenvalue weighted by molar-refractivity contribution is -0.127. The lowest BCUT2D eigenvalue weighted by Gasteiger charge is -2.32. The van der Waals surface area contributed by atoms with Gasteiger partial charge in [-0.1, -0.05) is 43.6 Å². The maximum absolute atomic E-state index is 13.0. The number of halogens is 1. The van der Waals surface area contributed by atoms with E-state index >= 15 is 0 Å². The quantitative estimate of drug-likeness (QED) is 0.583. The van der Waals surface area contributed by atoms with Crippen LogP contribution in [0.5, 0.6) is 5.75 Å². The summed E-state index contributed by atoms with van der Waals surface area (Å²) in [6, 6.07) is 12.2. The number of rotatable bonds is 7.